The van der Waals surface area contributed by atoms with Gasteiger partial charge in [-0.15, -0.1) is 0 Å². The highest BCUT2D eigenvalue weighted by Gasteiger charge is 2.60. The summed E-state index contributed by atoms with van der Waals surface area (Å²) in [5.41, 5.74) is -2.82. The van der Waals surface area contributed by atoms with Gasteiger partial charge in [-0.2, -0.15) is 0 Å². The van der Waals surface area contributed by atoms with E-state index in [0.29, 0.717) is 49.5 Å². The van der Waals surface area contributed by atoms with E-state index in [4.69, 9.17) is 23.7 Å². The molecule has 10 aliphatic rings. The number of cyclic esters (lactones) is 1. The van der Waals surface area contributed by atoms with E-state index in [-0.39, 0.29) is 51.5 Å². The van der Waals surface area contributed by atoms with Crippen LogP contribution < -0.4 is 0 Å². The maximum Gasteiger partial charge on any atom is 0.347 e. The molecule has 0 aromatic heterocycles. The summed E-state index contributed by atoms with van der Waals surface area (Å²) in [6, 6.07) is 0. The molecule has 0 aromatic rings. The van der Waals surface area contributed by atoms with E-state index in [1.165, 1.54) is 51.4 Å². The average molecular weight is 943 g/mol. The van der Waals surface area contributed by atoms with Gasteiger partial charge in [-0.3, -0.25) is 19.2 Å². The van der Waals surface area contributed by atoms with Gasteiger partial charge in [-0.05, 0) is 220 Å². The minimum Gasteiger partial charge on any atom is -0.463 e. The zero-order valence-electron chi connectivity index (χ0n) is 44.6. The molecule has 3 unspecified atom stereocenters. The summed E-state index contributed by atoms with van der Waals surface area (Å²) in [6.07, 6.45) is 20.7. The second-order valence-electron chi connectivity index (χ2n) is 25.6. The molecule has 1 aliphatic heterocycles. The fourth-order valence-electron chi connectivity index (χ4n) is 12.5. The van der Waals surface area contributed by atoms with Crippen LogP contribution in [-0.2, 0) is 47.7 Å². The summed E-state index contributed by atoms with van der Waals surface area (Å²) in [6.45, 7) is 28.2. The Kier molecular flexibility index (Phi) is 17.3. The van der Waals surface area contributed by atoms with Crippen LogP contribution in [0.1, 0.15) is 232 Å². The number of carbonyl (C=O) groups excluding carboxylic acids is 5. The minimum absolute atomic E-state index is 0.0185. The first-order valence-electron chi connectivity index (χ1n) is 26.8. The molecule has 8 bridgehead atoms. The molecule has 67 heavy (non-hydrogen) atoms. The molecule has 0 spiro atoms. The molecule has 10 rings (SSSR count). The van der Waals surface area contributed by atoms with Crippen molar-refractivity contribution < 1.29 is 52.8 Å². The fraction of sp³-hybridized carbons (Fsp3) is 0.911. The first-order chi connectivity index (χ1) is 31.0. The predicted octanol–water partition coefficient (Wildman–Crippen LogP) is 12.2. The lowest BCUT2D eigenvalue weighted by Gasteiger charge is -2.59. The Morgan fingerprint density at radius 2 is 1.01 bits per heavy atom. The van der Waals surface area contributed by atoms with Crippen molar-refractivity contribution >= 4 is 29.8 Å². The summed E-state index contributed by atoms with van der Waals surface area (Å²) >= 11 is 0. The standard InChI is InChI=1S/C17H28O2.C16H26O3.C13H24O2.C10H16O4/c1-5-16(2,3)15(18)19-17(4)13-7-11-6-12(9-13)10-14(17)8-11;1-4-14(2,3)13(17)19-16-8-11-5-12(9-16)7-15(18,6-11)10-16;1-5-12(3,4)11(14)15-13(6-2)9-7-8-10-13;1-4-10(2,3)9(12)14-7-5-6-13-8(7)11/h11-14H,5-10H2,1-4H3;11-12,18H,4-10H2,1-3H3;5-10H2,1-4H3;7H,4-6H2,1-3H3. The highest BCUT2D eigenvalue weighted by atomic mass is 16.6. The van der Waals surface area contributed by atoms with Crippen LogP contribution in [0.5, 0.6) is 0 Å². The average Bonchev–Trinajstić information content (AvgIpc) is 3.90. The van der Waals surface area contributed by atoms with Crippen molar-refractivity contribution in [2.24, 2.45) is 57.2 Å². The molecule has 11 nitrogen and oxygen atoms in total. The van der Waals surface area contributed by atoms with Crippen molar-refractivity contribution in [2.45, 2.75) is 260 Å². The Balaban J connectivity index is 0.000000169. The maximum atomic E-state index is 12.5. The van der Waals surface area contributed by atoms with Crippen LogP contribution in [0, 0.1) is 57.2 Å². The molecule has 1 heterocycles. The monoisotopic (exact) mass is 943 g/mol. The zero-order valence-corrected chi connectivity index (χ0v) is 44.6. The molecule has 1 saturated heterocycles. The van der Waals surface area contributed by atoms with Crippen LogP contribution in [0.4, 0.5) is 0 Å². The third-order valence-corrected chi connectivity index (χ3v) is 18.7. The lowest BCUT2D eigenvalue weighted by molar-refractivity contribution is -0.225. The van der Waals surface area contributed by atoms with Crippen molar-refractivity contribution in [1.29, 1.82) is 0 Å². The van der Waals surface area contributed by atoms with Crippen LogP contribution in [0.3, 0.4) is 0 Å². The maximum absolute atomic E-state index is 12.5. The van der Waals surface area contributed by atoms with Crippen molar-refractivity contribution in [1.82, 2.24) is 0 Å². The summed E-state index contributed by atoms with van der Waals surface area (Å²) in [5, 5.41) is 10.6. The number of esters is 5. The van der Waals surface area contributed by atoms with Gasteiger partial charge < -0.3 is 28.8 Å². The minimum atomic E-state index is -0.687. The normalized spacial score (nSPS) is 34.3. The van der Waals surface area contributed by atoms with Gasteiger partial charge in [0, 0.05) is 12.8 Å². The summed E-state index contributed by atoms with van der Waals surface area (Å²) < 4.78 is 27.6. The fourth-order valence-corrected chi connectivity index (χ4v) is 12.5. The first-order valence-corrected chi connectivity index (χ1v) is 26.8. The van der Waals surface area contributed by atoms with Crippen molar-refractivity contribution in [2.75, 3.05) is 6.61 Å². The van der Waals surface area contributed by atoms with E-state index < -0.39 is 28.5 Å². The van der Waals surface area contributed by atoms with Gasteiger partial charge in [-0.1, -0.05) is 34.6 Å². The van der Waals surface area contributed by atoms with Crippen LogP contribution in [0.2, 0.25) is 0 Å². The number of aliphatic hydroxyl groups is 1. The number of ether oxygens (including phenoxy) is 5. The second-order valence-corrected chi connectivity index (χ2v) is 25.6. The quantitative estimate of drug-likeness (QED) is 0.139. The Bertz CT molecular complexity index is 1710. The predicted molar refractivity (Wildman–Crippen MR) is 259 cm³/mol. The Morgan fingerprint density at radius 3 is 1.42 bits per heavy atom. The van der Waals surface area contributed by atoms with Crippen LogP contribution in [-0.4, -0.2) is 70.1 Å². The van der Waals surface area contributed by atoms with Crippen LogP contribution in [0.15, 0.2) is 0 Å². The number of rotatable bonds is 13. The van der Waals surface area contributed by atoms with E-state index >= 15 is 0 Å². The Hall–Kier alpha value is -2.69. The van der Waals surface area contributed by atoms with Gasteiger partial charge in [0.05, 0.1) is 33.9 Å². The molecule has 10 fully saturated rings. The highest BCUT2D eigenvalue weighted by molar-refractivity contribution is 5.83. The second kappa shape index (κ2) is 21.0. The third-order valence-electron chi connectivity index (χ3n) is 18.7. The number of carbonyl (C=O) groups is 5. The van der Waals surface area contributed by atoms with E-state index in [0.717, 1.165) is 76.0 Å². The molecule has 9 saturated carbocycles. The summed E-state index contributed by atoms with van der Waals surface area (Å²) in [4.78, 5) is 59.4. The lowest BCUT2D eigenvalue weighted by Crippen LogP contribution is -2.61. The van der Waals surface area contributed by atoms with Gasteiger partial charge >= 0.3 is 29.8 Å². The Labute approximate surface area is 405 Å². The highest BCUT2D eigenvalue weighted by Crippen LogP contribution is 2.61. The van der Waals surface area contributed by atoms with Crippen molar-refractivity contribution in [3.8, 4) is 0 Å². The molecule has 0 amide bonds. The van der Waals surface area contributed by atoms with E-state index in [1.807, 2.05) is 62.3 Å². The van der Waals surface area contributed by atoms with Crippen LogP contribution >= 0.6 is 0 Å². The van der Waals surface area contributed by atoms with E-state index in [9.17, 15) is 29.1 Å². The van der Waals surface area contributed by atoms with Crippen molar-refractivity contribution in [3.05, 3.63) is 0 Å². The Morgan fingerprint density at radius 1 is 0.597 bits per heavy atom. The lowest BCUT2D eigenvalue weighted by atomic mass is 9.50. The van der Waals surface area contributed by atoms with Crippen LogP contribution in [0.25, 0.3) is 0 Å². The van der Waals surface area contributed by atoms with Gasteiger partial charge in [0.25, 0.3) is 0 Å². The van der Waals surface area contributed by atoms with Gasteiger partial charge in [-0.25, -0.2) is 4.79 Å². The summed E-state index contributed by atoms with van der Waals surface area (Å²) in [7, 11) is 0. The van der Waals surface area contributed by atoms with Gasteiger partial charge in [0.15, 0.2) is 0 Å². The molecular weight excluding hydrogens is 849 g/mol. The SMILES string of the molecule is CCC(C)(C)C(=O)OC1(C)C2CC3CC(C2)CC1C3.CCC(C)(C)C(=O)OC12CC3CC(CC(O)(C3)C1)C2.CCC(C)(C)C(=O)OC1CCOC1=O.CCC1(OC(=O)C(C)(C)CC)CCCC1. The molecular formula is C56H94O11. The molecule has 3 atom stereocenters. The molecule has 384 valence electrons. The first kappa shape index (κ1) is 55.2. The van der Waals surface area contributed by atoms with Gasteiger partial charge in [0.2, 0.25) is 6.10 Å². The van der Waals surface area contributed by atoms with Gasteiger partial charge in [0.1, 0.15) is 16.8 Å². The molecule has 11 heteroatoms. The molecule has 9 aliphatic carbocycles. The summed E-state index contributed by atoms with van der Waals surface area (Å²) in [5.74, 6) is 3.38. The third kappa shape index (κ3) is 12.8. The molecule has 0 aromatic carbocycles. The largest absolute Gasteiger partial charge is 0.463 e. The topological polar surface area (TPSA) is 152 Å². The van der Waals surface area contributed by atoms with E-state index in [2.05, 4.69) is 20.8 Å². The zero-order chi connectivity index (χ0) is 50.0. The number of hydrogen-bond acceptors (Lipinski definition) is 11. The molecule has 1 N–H and O–H groups in total. The molecule has 0 radical (unpaired) electrons. The van der Waals surface area contributed by atoms with E-state index in [1.54, 1.807) is 13.8 Å². The van der Waals surface area contributed by atoms with Crippen molar-refractivity contribution in [3.63, 3.8) is 0 Å². The smallest absolute Gasteiger partial charge is 0.347 e. The number of hydrogen-bond donors (Lipinski definition) is 1.